The molecule has 0 radical (unpaired) electrons. The minimum absolute atomic E-state index is 0. The van der Waals surface area contributed by atoms with Crippen molar-refractivity contribution < 1.29 is 22.7 Å². The topological polar surface area (TPSA) is 87.6 Å². The summed E-state index contributed by atoms with van der Waals surface area (Å²) < 4.78 is 42.1. The van der Waals surface area contributed by atoms with Crippen LogP contribution in [0.5, 0.6) is 5.88 Å². The number of rotatable bonds is 6. The average Bonchev–Trinajstić information content (AvgIpc) is 2.72. The Bertz CT molecular complexity index is 924. The van der Waals surface area contributed by atoms with Crippen molar-refractivity contribution in [1.29, 1.82) is 0 Å². The third-order valence-corrected chi connectivity index (χ3v) is 4.51. The normalized spacial score (nSPS) is 15.9. The Hall–Kier alpha value is -2.57. The Morgan fingerprint density at radius 2 is 2.03 bits per heavy atom. The number of pyridine rings is 1. The van der Waals surface area contributed by atoms with Gasteiger partial charge in [0.05, 0.1) is 0 Å². The van der Waals surface area contributed by atoms with E-state index in [1.54, 1.807) is 19.2 Å². The van der Waals surface area contributed by atoms with Crippen LogP contribution in [0.25, 0.3) is 0 Å². The van der Waals surface area contributed by atoms with E-state index >= 15 is 0 Å². The van der Waals surface area contributed by atoms with Crippen molar-refractivity contribution in [3.63, 3.8) is 0 Å². The molecular formula is C20H23F3IN5O2. The van der Waals surface area contributed by atoms with E-state index < -0.39 is 12.8 Å². The zero-order valence-electron chi connectivity index (χ0n) is 16.7. The van der Waals surface area contributed by atoms with Gasteiger partial charge in [-0.2, -0.15) is 13.2 Å². The quantitative estimate of drug-likeness (QED) is 0.292. The Kier molecular flexibility index (Phi) is 8.89. The molecule has 3 N–H and O–H groups in total. The summed E-state index contributed by atoms with van der Waals surface area (Å²) in [6, 6.07) is 10.9. The summed E-state index contributed by atoms with van der Waals surface area (Å²) in [6.07, 6.45) is -2.73. The van der Waals surface area contributed by atoms with Crippen LogP contribution < -0.4 is 20.7 Å². The van der Waals surface area contributed by atoms with Crippen LogP contribution in [0.15, 0.2) is 47.6 Å². The number of aromatic nitrogens is 1. The van der Waals surface area contributed by atoms with Gasteiger partial charge in [0.1, 0.15) is 0 Å². The first-order valence-electron chi connectivity index (χ1n) is 9.32. The monoisotopic (exact) mass is 549 g/mol. The molecule has 31 heavy (non-hydrogen) atoms. The zero-order valence-corrected chi connectivity index (χ0v) is 19.0. The molecule has 1 aromatic carbocycles. The maximum Gasteiger partial charge on any atom is 0.422 e. The number of carbonyl (C=O) groups is 1. The smallest absolute Gasteiger partial charge is 0.422 e. The lowest BCUT2D eigenvalue weighted by atomic mass is 9.90. The van der Waals surface area contributed by atoms with Gasteiger partial charge in [-0.3, -0.25) is 9.79 Å². The molecule has 0 fully saturated rings. The number of fused-ring (bicyclic) bond motifs is 1. The van der Waals surface area contributed by atoms with Crippen LogP contribution in [-0.4, -0.2) is 43.2 Å². The SMILES string of the molecule is CN=C(NCc1cccnc1OCC(F)(F)F)NCC1CC(=O)Nc2ccccc21.I. The van der Waals surface area contributed by atoms with Crippen molar-refractivity contribution in [2.24, 2.45) is 4.99 Å². The first-order chi connectivity index (χ1) is 14.4. The van der Waals surface area contributed by atoms with E-state index in [0.29, 0.717) is 24.5 Å². The molecule has 1 atom stereocenters. The lowest BCUT2D eigenvalue weighted by Crippen LogP contribution is -2.40. The molecule has 168 valence electrons. The predicted molar refractivity (Wildman–Crippen MR) is 122 cm³/mol. The third kappa shape index (κ3) is 7.26. The van der Waals surface area contributed by atoms with E-state index in [2.05, 4.69) is 25.9 Å². The summed E-state index contributed by atoms with van der Waals surface area (Å²) in [6.45, 7) is -0.774. The maximum atomic E-state index is 12.4. The minimum Gasteiger partial charge on any atom is -0.468 e. The van der Waals surface area contributed by atoms with Gasteiger partial charge in [-0.1, -0.05) is 24.3 Å². The van der Waals surface area contributed by atoms with Crippen LogP contribution in [0.3, 0.4) is 0 Å². The number of nitrogens with zero attached hydrogens (tertiary/aromatic N) is 2. The highest BCUT2D eigenvalue weighted by Gasteiger charge is 2.29. The number of hydrogen-bond acceptors (Lipinski definition) is 4. The molecule has 0 bridgehead atoms. The standard InChI is InChI=1S/C20H22F3N5O2.HI/c1-24-19(26-10-13-5-4-8-25-18(13)30-12-20(21,22)23)27-11-14-9-17(29)28-16-7-3-2-6-15(14)16;/h2-8,14H,9-12H2,1H3,(H,28,29)(H2,24,26,27);1H. The van der Waals surface area contributed by atoms with Crippen molar-refractivity contribution >= 4 is 41.5 Å². The summed E-state index contributed by atoms with van der Waals surface area (Å²) in [4.78, 5) is 19.9. The van der Waals surface area contributed by atoms with E-state index in [1.807, 2.05) is 24.3 Å². The fourth-order valence-electron chi connectivity index (χ4n) is 3.14. The lowest BCUT2D eigenvalue weighted by Gasteiger charge is -2.26. The molecule has 1 aliphatic heterocycles. The Balaban J connectivity index is 0.00000341. The minimum atomic E-state index is -4.44. The fraction of sp³-hybridized carbons (Fsp3) is 0.350. The molecule has 3 rings (SSSR count). The largest absolute Gasteiger partial charge is 0.468 e. The molecule has 0 saturated carbocycles. The number of aliphatic imine (C=N–C) groups is 1. The second kappa shape index (κ2) is 11.2. The molecule has 11 heteroatoms. The second-order valence-corrected chi connectivity index (χ2v) is 6.71. The number of amides is 1. The van der Waals surface area contributed by atoms with Crippen molar-refractivity contribution in [2.75, 3.05) is 25.5 Å². The third-order valence-electron chi connectivity index (χ3n) is 4.51. The highest BCUT2D eigenvalue weighted by molar-refractivity contribution is 14.0. The van der Waals surface area contributed by atoms with E-state index in [1.165, 1.54) is 6.20 Å². The fourth-order valence-corrected chi connectivity index (χ4v) is 3.14. The van der Waals surface area contributed by atoms with Gasteiger partial charge >= 0.3 is 6.18 Å². The number of benzene rings is 1. The van der Waals surface area contributed by atoms with Gasteiger partial charge in [-0.05, 0) is 17.7 Å². The second-order valence-electron chi connectivity index (χ2n) is 6.71. The van der Waals surface area contributed by atoms with Gasteiger partial charge in [0.25, 0.3) is 0 Å². The first kappa shape index (κ1) is 24.7. The Labute approximate surface area is 194 Å². The summed E-state index contributed by atoms with van der Waals surface area (Å²) in [5.74, 6) is 0.280. The van der Waals surface area contributed by atoms with Crippen molar-refractivity contribution in [1.82, 2.24) is 15.6 Å². The van der Waals surface area contributed by atoms with Crippen molar-refractivity contribution in [3.05, 3.63) is 53.7 Å². The number of nitrogens with one attached hydrogen (secondary N) is 3. The molecular weight excluding hydrogens is 526 g/mol. The van der Waals surface area contributed by atoms with Gasteiger partial charge < -0.3 is 20.7 Å². The number of alkyl halides is 3. The molecule has 1 amide bonds. The van der Waals surface area contributed by atoms with Crippen molar-refractivity contribution in [3.8, 4) is 5.88 Å². The Morgan fingerprint density at radius 1 is 1.26 bits per heavy atom. The average molecular weight is 549 g/mol. The molecule has 2 heterocycles. The zero-order chi connectivity index (χ0) is 21.6. The summed E-state index contributed by atoms with van der Waals surface area (Å²) >= 11 is 0. The van der Waals surface area contributed by atoms with E-state index in [0.717, 1.165) is 11.3 Å². The van der Waals surface area contributed by atoms with Crippen LogP contribution in [-0.2, 0) is 11.3 Å². The molecule has 2 aromatic rings. The molecule has 1 aromatic heterocycles. The number of carbonyl (C=O) groups excluding carboxylic acids is 1. The molecule has 1 unspecified atom stereocenters. The van der Waals surface area contributed by atoms with E-state index in [4.69, 9.17) is 4.74 Å². The van der Waals surface area contributed by atoms with Gasteiger partial charge in [-0.15, -0.1) is 24.0 Å². The van der Waals surface area contributed by atoms with Gasteiger partial charge in [0, 0.05) is 49.9 Å². The van der Waals surface area contributed by atoms with Crippen LogP contribution in [0.1, 0.15) is 23.5 Å². The number of anilines is 1. The molecule has 0 saturated heterocycles. The van der Waals surface area contributed by atoms with Gasteiger partial charge in [-0.25, -0.2) is 4.98 Å². The van der Waals surface area contributed by atoms with Gasteiger partial charge in [0.15, 0.2) is 12.6 Å². The number of para-hydroxylation sites is 1. The van der Waals surface area contributed by atoms with Crippen LogP contribution >= 0.6 is 24.0 Å². The molecule has 0 spiro atoms. The lowest BCUT2D eigenvalue weighted by molar-refractivity contribution is -0.154. The number of guanidine groups is 1. The van der Waals surface area contributed by atoms with Crippen LogP contribution in [0.4, 0.5) is 18.9 Å². The van der Waals surface area contributed by atoms with Gasteiger partial charge in [0.2, 0.25) is 11.8 Å². The van der Waals surface area contributed by atoms with E-state index in [9.17, 15) is 18.0 Å². The predicted octanol–water partition coefficient (Wildman–Crippen LogP) is 3.43. The number of halogens is 4. The highest BCUT2D eigenvalue weighted by atomic mass is 127. The van der Waals surface area contributed by atoms with Crippen LogP contribution in [0.2, 0.25) is 0 Å². The van der Waals surface area contributed by atoms with Crippen LogP contribution in [0, 0.1) is 0 Å². The highest BCUT2D eigenvalue weighted by Crippen LogP contribution is 2.31. The first-order valence-corrected chi connectivity index (χ1v) is 9.32. The Morgan fingerprint density at radius 3 is 2.77 bits per heavy atom. The number of hydrogen-bond donors (Lipinski definition) is 3. The summed E-state index contributed by atoms with van der Waals surface area (Å²) in [5, 5.41) is 9.05. The summed E-state index contributed by atoms with van der Waals surface area (Å²) in [7, 11) is 1.58. The maximum absolute atomic E-state index is 12.4. The molecule has 1 aliphatic rings. The summed E-state index contributed by atoms with van der Waals surface area (Å²) in [5.41, 5.74) is 2.30. The molecule has 7 nitrogen and oxygen atoms in total. The van der Waals surface area contributed by atoms with E-state index in [-0.39, 0.29) is 48.2 Å². The number of ether oxygens (including phenoxy) is 1. The molecule has 0 aliphatic carbocycles. The van der Waals surface area contributed by atoms with Crippen molar-refractivity contribution in [2.45, 2.75) is 25.1 Å².